The molecule has 0 unspecified atom stereocenters. The minimum absolute atomic E-state index is 0.0292. The molecule has 1 N–H and O–H groups in total. The van der Waals surface area contributed by atoms with Crippen molar-refractivity contribution in [2.75, 3.05) is 18.5 Å². The van der Waals surface area contributed by atoms with Crippen LogP contribution in [0.4, 0.5) is 10.1 Å². The number of nitrogens with zero attached hydrogens (tertiary/aromatic N) is 1. The summed E-state index contributed by atoms with van der Waals surface area (Å²) in [6, 6.07) is 28.8. The van der Waals surface area contributed by atoms with Gasteiger partial charge in [0.1, 0.15) is 16.5 Å². The van der Waals surface area contributed by atoms with E-state index in [4.69, 9.17) is 4.74 Å². The molecule has 4 aromatic carbocycles. The quantitative estimate of drug-likeness (QED) is 0.261. The Morgan fingerprint density at radius 2 is 1.50 bits per heavy atom. The van der Waals surface area contributed by atoms with Crippen molar-refractivity contribution < 1.29 is 22.3 Å². The average Bonchev–Trinajstić information content (AvgIpc) is 2.93. The lowest BCUT2D eigenvalue weighted by atomic mass is 10.1. The molecule has 0 aliphatic heterocycles. The maximum atomic E-state index is 15.0. The van der Waals surface area contributed by atoms with E-state index >= 15 is 0 Å². The fourth-order valence-electron chi connectivity index (χ4n) is 3.96. The number of carbonyl (C=O) groups is 1. The Morgan fingerprint density at radius 1 is 0.868 bits per heavy atom. The smallest absolute Gasteiger partial charge is 0.255 e. The second kappa shape index (κ2) is 12.5. The molecule has 0 atom stereocenters. The van der Waals surface area contributed by atoms with Crippen LogP contribution in [0.25, 0.3) is 0 Å². The highest BCUT2D eigenvalue weighted by Gasteiger charge is 2.28. The maximum absolute atomic E-state index is 15.0. The lowest BCUT2D eigenvalue weighted by Gasteiger charge is -2.23. The van der Waals surface area contributed by atoms with Gasteiger partial charge in [-0.25, -0.2) is 12.8 Å². The van der Waals surface area contributed by atoms with Crippen molar-refractivity contribution in [3.63, 3.8) is 0 Å². The lowest BCUT2D eigenvalue weighted by Crippen LogP contribution is -2.33. The molecule has 0 saturated carbocycles. The SMILES string of the molecule is CCOc1ccc(NC(=O)c2ccc(F)c(S(=O)(=O)N(CCc3ccccc3)Cc3ccccc3)c2)cc1. The van der Waals surface area contributed by atoms with Crippen LogP contribution in [0.2, 0.25) is 0 Å². The number of amides is 1. The Balaban J connectivity index is 1.60. The van der Waals surface area contributed by atoms with Crippen LogP contribution in [0.15, 0.2) is 108 Å². The molecule has 8 heteroatoms. The predicted molar refractivity (Wildman–Crippen MR) is 146 cm³/mol. The molecule has 0 heterocycles. The molecular weight excluding hydrogens is 503 g/mol. The van der Waals surface area contributed by atoms with Gasteiger partial charge < -0.3 is 10.1 Å². The predicted octanol–water partition coefficient (Wildman–Crippen LogP) is 5.91. The highest BCUT2D eigenvalue weighted by atomic mass is 32.2. The number of benzene rings is 4. The minimum Gasteiger partial charge on any atom is -0.494 e. The fourth-order valence-corrected chi connectivity index (χ4v) is 5.47. The standard InChI is InChI=1S/C30H29FN2O4S/c1-2-37-27-16-14-26(15-17-27)32-30(34)25-13-18-28(31)29(21-25)38(35,36)33(22-24-11-7-4-8-12-24)20-19-23-9-5-3-6-10-23/h3-18,21H,2,19-20,22H2,1H3,(H,32,34). The summed E-state index contributed by atoms with van der Waals surface area (Å²) < 4.78 is 49.1. The summed E-state index contributed by atoms with van der Waals surface area (Å²) in [7, 11) is -4.28. The van der Waals surface area contributed by atoms with E-state index in [9.17, 15) is 17.6 Å². The number of carbonyl (C=O) groups excluding carboxylic acids is 1. The van der Waals surface area contributed by atoms with Gasteiger partial charge in [0.05, 0.1) is 6.61 Å². The summed E-state index contributed by atoms with van der Waals surface area (Å²) in [5, 5.41) is 2.72. The van der Waals surface area contributed by atoms with Crippen LogP contribution in [-0.4, -0.2) is 31.8 Å². The molecule has 0 aromatic heterocycles. The van der Waals surface area contributed by atoms with Crippen LogP contribution in [0.3, 0.4) is 0 Å². The first kappa shape index (κ1) is 27.0. The topological polar surface area (TPSA) is 75.7 Å². The highest BCUT2D eigenvalue weighted by Crippen LogP contribution is 2.24. The molecular formula is C30H29FN2O4S. The molecule has 38 heavy (non-hydrogen) atoms. The van der Waals surface area contributed by atoms with E-state index in [0.717, 1.165) is 23.3 Å². The lowest BCUT2D eigenvalue weighted by molar-refractivity contribution is 0.102. The van der Waals surface area contributed by atoms with Crippen molar-refractivity contribution in [1.82, 2.24) is 4.31 Å². The van der Waals surface area contributed by atoms with E-state index < -0.39 is 26.6 Å². The van der Waals surface area contributed by atoms with Crippen LogP contribution in [0.1, 0.15) is 28.4 Å². The van der Waals surface area contributed by atoms with E-state index in [1.807, 2.05) is 67.6 Å². The van der Waals surface area contributed by atoms with Crippen molar-refractivity contribution in [3.05, 3.63) is 126 Å². The van der Waals surface area contributed by atoms with Gasteiger partial charge in [0.2, 0.25) is 10.0 Å². The van der Waals surface area contributed by atoms with Crippen LogP contribution in [-0.2, 0) is 23.0 Å². The molecule has 0 aliphatic rings. The Kier molecular flexibility index (Phi) is 8.89. The third kappa shape index (κ3) is 6.85. The van der Waals surface area contributed by atoms with Crippen LogP contribution in [0, 0.1) is 5.82 Å². The molecule has 0 spiro atoms. The van der Waals surface area contributed by atoms with Gasteiger partial charge in [-0.1, -0.05) is 60.7 Å². The number of sulfonamides is 1. The van der Waals surface area contributed by atoms with Gasteiger partial charge in [0, 0.05) is 24.3 Å². The Labute approximate surface area is 222 Å². The van der Waals surface area contributed by atoms with Gasteiger partial charge in [-0.3, -0.25) is 4.79 Å². The Hall–Kier alpha value is -4.01. The largest absolute Gasteiger partial charge is 0.494 e. The molecule has 0 saturated heterocycles. The molecule has 0 bridgehead atoms. The molecule has 0 radical (unpaired) electrons. The van der Waals surface area contributed by atoms with Gasteiger partial charge in [0.15, 0.2) is 0 Å². The first-order valence-corrected chi connectivity index (χ1v) is 13.7. The van der Waals surface area contributed by atoms with Crippen molar-refractivity contribution in [3.8, 4) is 5.75 Å². The number of ether oxygens (including phenoxy) is 1. The molecule has 0 aliphatic carbocycles. The van der Waals surface area contributed by atoms with Gasteiger partial charge in [-0.05, 0) is 66.9 Å². The number of nitrogens with one attached hydrogen (secondary N) is 1. The zero-order valence-electron chi connectivity index (χ0n) is 21.0. The number of hydrogen-bond acceptors (Lipinski definition) is 4. The number of anilines is 1. The Bertz CT molecular complexity index is 1460. The van der Waals surface area contributed by atoms with Crippen LogP contribution >= 0.6 is 0 Å². The molecule has 0 fully saturated rings. The average molecular weight is 533 g/mol. The third-order valence-corrected chi connectivity index (χ3v) is 7.79. The van der Waals surface area contributed by atoms with E-state index in [0.29, 0.717) is 24.5 Å². The summed E-state index contributed by atoms with van der Waals surface area (Å²) in [6.07, 6.45) is 0.451. The monoisotopic (exact) mass is 532 g/mol. The van der Waals surface area contributed by atoms with Crippen molar-refractivity contribution in [1.29, 1.82) is 0 Å². The molecule has 4 aromatic rings. The zero-order chi connectivity index (χ0) is 27.0. The third-order valence-electron chi connectivity index (χ3n) is 5.93. The second-order valence-corrected chi connectivity index (χ2v) is 10.5. The first-order valence-electron chi connectivity index (χ1n) is 12.3. The van der Waals surface area contributed by atoms with Crippen molar-refractivity contribution >= 4 is 21.6 Å². The van der Waals surface area contributed by atoms with Gasteiger partial charge in [-0.2, -0.15) is 4.31 Å². The minimum atomic E-state index is -4.28. The molecule has 4 rings (SSSR count). The van der Waals surface area contributed by atoms with E-state index in [1.54, 1.807) is 24.3 Å². The van der Waals surface area contributed by atoms with Crippen molar-refractivity contribution in [2.45, 2.75) is 24.8 Å². The molecule has 1 amide bonds. The molecule has 6 nitrogen and oxygen atoms in total. The highest BCUT2D eigenvalue weighted by molar-refractivity contribution is 7.89. The second-order valence-electron chi connectivity index (χ2n) is 8.62. The first-order chi connectivity index (χ1) is 18.4. The summed E-state index contributed by atoms with van der Waals surface area (Å²) in [4.78, 5) is 12.4. The number of halogens is 1. The van der Waals surface area contributed by atoms with Gasteiger partial charge in [0.25, 0.3) is 5.91 Å². The summed E-state index contributed by atoms with van der Waals surface area (Å²) in [5.74, 6) is -0.806. The normalized spacial score (nSPS) is 11.3. The van der Waals surface area contributed by atoms with E-state index in [2.05, 4.69) is 5.32 Å². The fraction of sp³-hybridized carbons (Fsp3) is 0.167. The summed E-state index contributed by atoms with van der Waals surface area (Å²) >= 11 is 0. The van der Waals surface area contributed by atoms with Crippen LogP contribution < -0.4 is 10.1 Å². The maximum Gasteiger partial charge on any atom is 0.255 e. The Morgan fingerprint density at radius 3 is 2.13 bits per heavy atom. The van der Waals surface area contributed by atoms with E-state index in [-0.39, 0.29) is 18.7 Å². The number of hydrogen-bond donors (Lipinski definition) is 1. The van der Waals surface area contributed by atoms with Crippen LogP contribution in [0.5, 0.6) is 5.75 Å². The van der Waals surface area contributed by atoms with Crippen molar-refractivity contribution in [2.24, 2.45) is 0 Å². The summed E-state index contributed by atoms with van der Waals surface area (Å²) in [6.45, 7) is 2.60. The van der Waals surface area contributed by atoms with Gasteiger partial charge >= 0.3 is 0 Å². The summed E-state index contributed by atoms with van der Waals surface area (Å²) in [5.41, 5.74) is 2.26. The molecule has 196 valence electrons. The van der Waals surface area contributed by atoms with Gasteiger partial charge in [-0.15, -0.1) is 0 Å². The number of rotatable bonds is 11. The zero-order valence-corrected chi connectivity index (χ0v) is 21.8. The van der Waals surface area contributed by atoms with E-state index in [1.165, 1.54) is 10.4 Å².